The van der Waals surface area contributed by atoms with Crippen LogP contribution in [0.5, 0.6) is 5.75 Å². The molecule has 1 radical (unpaired) electrons. The molecule has 3 rings (SSSR count). The Bertz CT molecular complexity index is 853. The van der Waals surface area contributed by atoms with Gasteiger partial charge in [0.2, 0.25) is 0 Å². The van der Waals surface area contributed by atoms with E-state index in [2.05, 4.69) is 5.32 Å². The van der Waals surface area contributed by atoms with Crippen molar-refractivity contribution in [3.63, 3.8) is 0 Å². The van der Waals surface area contributed by atoms with Crippen LogP contribution in [0.15, 0.2) is 48.5 Å². The van der Waals surface area contributed by atoms with Crippen molar-refractivity contribution in [2.24, 2.45) is 5.92 Å². The molecule has 1 N–H and O–H groups in total. The van der Waals surface area contributed by atoms with Crippen molar-refractivity contribution in [1.82, 2.24) is 5.32 Å². The molecule has 0 atom stereocenters. The highest BCUT2D eigenvalue weighted by Crippen LogP contribution is 2.34. The second kappa shape index (κ2) is 5.68. The van der Waals surface area contributed by atoms with Gasteiger partial charge in [-0.15, -0.1) is 0 Å². The van der Waals surface area contributed by atoms with E-state index in [-0.39, 0.29) is 17.2 Å². The van der Waals surface area contributed by atoms with E-state index in [1.165, 1.54) is 0 Å². The molecule has 3 aromatic rings. The van der Waals surface area contributed by atoms with Crippen LogP contribution < -0.4 is 5.32 Å². The van der Waals surface area contributed by atoms with Gasteiger partial charge in [0.1, 0.15) is 0 Å². The minimum absolute atomic E-state index is 0.204. The fraction of sp³-hybridized carbons (Fsp3) is 0.211. The van der Waals surface area contributed by atoms with Crippen molar-refractivity contribution in [3.8, 4) is 5.75 Å². The lowest BCUT2D eigenvalue weighted by Crippen LogP contribution is -2.27. The van der Waals surface area contributed by atoms with Crippen LogP contribution in [0, 0.1) is 5.92 Å². The SMILES string of the molecule is CC(C)CNC(=O)c1ccc2c(ccc3ccccc32)c1[O]. The molecule has 0 aliphatic heterocycles. The maximum Gasteiger partial charge on any atom is 0.255 e. The third-order valence-corrected chi connectivity index (χ3v) is 3.79. The predicted molar refractivity (Wildman–Crippen MR) is 88.8 cm³/mol. The number of rotatable bonds is 3. The van der Waals surface area contributed by atoms with Crippen molar-refractivity contribution in [3.05, 3.63) is 54.1 Å². The van der Waals surface area contributed by atoms with Crippen molar-refractivity contribution >= 4 is 27.5 Å². The van der Waals surface area contributed by atoms with E-state index < -0.39 is 0 Å². The van der Waals surface area contributed by atoms with Gasteiger partial charge >= 0.3 is 0 Å². The normalized spacial score (nSPS) is 11.2. The lowest BCUT2D eigenvalue weighted by Gasteiger charge is -2.10. The van der Waals surface area contributed by atoms with Gasteiger partial charge in [-0.1, -0.05) is 50.2 Å². The lowest BCUT2D eigenvalue weighted by molar-refractivity contribution is 0.0945. The average Bonchev–Trinajstić information content (AvgIpc) is 2.52. The fourth-order valence-electron chi connectivity index (χ4n) is 2.63. The molecule has 0 aliphatic rings. The summed E-state index contributed by atoms with van der Waals surface area (Å²) in [6.45, 7) is 4.60. The molecular formula is C19H18NO2. The van der Waals surface area contributed by atoms with Crippen LogP contribution in [0.25, 0.3) is 21.5 Å². The summed E-state index contributed by atoms with van der Waals surface area (Å²) in [4.78, 5) is 12.2. The van der Waals surface area contributed by atoms with Gasteiger partial charge in [0.05, 0.1) is 5.56 Å². The number of amides is 1. The summed E-state index contributed by atoms with van der Waals surface area (Å²) in [7, 11) is 0. The van der Waals surface area contributed by atoms with Crippen LogP contribution in [0.3, 0.4) is 0 Å². The zero-order valence-corrected chi connectivity index (χ0v) is 12.7. The number of hydrogen-bond donors (Lipinski definition) is 1. The summed E-state index contributed by atoms with van der Waals surface area (Å²) in [5.41, 5.74) is 0.212. The molecule has 0 aromatic heterocycles. The summed E-state index contributed by atoms with van der Waals surface area (Å²) in [6.07, 6.45) is 0. The van der Waals surface area contributed by atoms with Crippen molar-refractivity contribution in [2.45, 2.75) is 13.8 Å². The smallest absolute Gasteiger partial charge is 0.255 e. The summed E-state index contributed by atoms with van der Waals surface area (Å²) >= 11 is 0. The minimum atomic E-state index is -0.297. The number of nitrogens with one attached hydrogen (secondary N) is 1. The number of benzene rings is 3. The van der Waals surface area contributed by atoms with Gasteiger partial charge in [-0.3, -0.25) is 9.90 Å². The monoisotopic (exact) mass is 292 g/mol. The Morgan fingerprint density at radius 1 is 0.955 bits per heavy atom. The Balaban J connectivity index is 2.10. The first-order chi connectivity index (χ1) is 10.6. The van der Waals surface area contributed by atoms with E-state index in [1.807, 2.05) is 50.2 Å². The predicted octanol–water partition coefficient (Wildman–Crippen LogP) is 4.52. The molecule has 3 nitrogen and oxygen atoms in total. The molecule has 0 aliphatic carbocycles. The number of carbonyl (C=O) groups is 1. The maximum absolute atomic E-state index is 12.6. The number of carbonyl (C=O) groups excluding carboxylic acids is 1. The molecular weight excluding hydrogens is 274 g/mol. The third kappa shape index (κ3) is 2.50. The van der Waals surface area contributed by atoms with Gasteiger partial charge < -0.3 is 5.32 Å². The lowest BCUT2D eigenvalue weighted by atomic mass is 9.99. The Hall–Kier alpha value is -2.55. The summed E-state index contributed by atoms with van der Waals surface area (Å²) in [5, 5.41) is 19.0. The molecule has 3 aromatic carbocycles. The van der Waals surface area contributed by atoms with E-state index in [1.54, 1.807) is 12.1 Å². The first-order valence-electron chi connectivity index (χ1n) is 7.47. The molecule has 3 heteroatoms. The molecule has 0 unspecified atom stereocenters. The molecule has 0 fully saturated rings. The van der Waals surface area contributed by atoms with E-state index in [4.69, 9.17) is 0 Å². The van der Waals surface area contributed by atoms with Crippen LogP contribution in [-0.4, -0.2) is 12.5 Å². The van der Waals surface area contributed by atoms with Crippen molar-refractivity contribution in [1.29, 1.82) is 0 Å². The van der Waals surface area contributed by atoms with Gasteiger partial charge in [-0.2, -0.15) is 0 Å². The molecule has 111 valence electrons. The van der Waals surface area contributed by atoms with Gasteiger partial charge in [-0.25, -0.2) is 0 Å². The first kappa shape index (κ1) is 14.4. The third-order valence-electron chi connectivity index (χ3n) is 3.79. The van der Waals surface area contributed by atoms with Crippen LogP contribution in [0.4, 0.5) is 0 Å². The molecule has 0 bridgehead atoms. The summed E-state index contributed by atoms with van der Waals surface area (Å²) in [6, 6.07) is 15.2. The van der Waals surface area contributed by atoms with Crippen LogP contribution in [0.2, 0.25) is 0 Å². The second-order valence-electron chi connectivity index (χ2n) is 5.93. The Labute approximate surface area is 129 Å². The van der Waals surface area contributed by atoms with Crippen LogP contribution >= 0.6 is 0 Å². The van der Waals surface area contributed by atoms with Crippen molar-refractivity contribution < 1.29 is 9.90 Å². The largest absolute Gasteiger partial charge is 0.352 e. The quantitative estimate of drug-likeness (QED) is 0.709. The van der Waals surface area contributed by atoms with E-state index in [9.17, 15) is 9.90 Å². The van der Waals surface area contributed by atoms with Gasteiger partial charge in [0, 0.05) is 11.9 Å². The highest BCUT2D eigenvalue weighted by atomic mass is 16.3. The summed E-state index contributed by atoms with van der Waals surface area (Å²) < 4.78 is 0. The zero-order chi connectivity index (χ0) is 15.7. The van der Waals surface area contributed by atoms with Crippen LogP contribution in [0.1, 0.15) is 24.2 Å². The molecule has 22 heavy (non-hydrogen) atoms. The number of hydrogen-bond acceptors (Lipinski definition) is 1. The van der Waals surface area contributed by atoms with Crippen molar-refractivity contribution in [2.75, 3.05) is 6.54 Å². The minimum Gasteiger partial charge on any atom is -0.352 e. The Kier molecular flexibility index (Phi) is 3.72. The molecule has 0 heterocycles. The van der Waals surface area contributed by atoms with E-state index >= 15 is 0 Å². The highest BCUT2D eigenvalue weighted by molar-refractivity contribution is 6.12. The molecule has 0 saturated carbocycles. The zero-order valence-electron chi connectivity index (χ0n) is 12.7. The Morgan fingerprint density at radius 3 is 2.45 bits per heavy atom. The summed E-state index contributed by atoms with van der Waals surface area (Å²) in [5.74, 6) is -0.151. The first-order valence-corrected chi connectivity index (χ1v) is 7.47. The van der Waals surface area contributed by atoms with Gasteiger partial charge in [-0.05, 0) is 34.2 Å². The van der Waals surface area contributed by atoms with E-state index in [0.29, 0.717) is 17.8 Å². The van der Waals surface area contributed by atoms with Gasteiger partial charge in [0.15, 0.2) is 5.75 Å². The topological polar surface area (TPSA) is 49.0 Å². The second-order valence-corrected chi connectivity index (χ2v) is 5.93. The standard InChI is InChI=1S/C19H18NO2/c1-12(2)11-20-19(22)17-10-9-15-14-6-4-3-5-13(14)7-8-16(15)18(17)21/h3-10,12H,11H2,1-2H3,(H,20,22). The van der Waals surface area contributed by atoms with Crippen LogP contribution in [-0.2, 0) is 5.11 Å². The van der Waals surface area contributed by atoms with E-state index in [0.717, 1.165) is 16.2 Å². The highest BCUT2D eigenvalue weighted by Gasteiger charge is 2.16. The Morgan fingerprint density at radius 2 is 1.68 bits per heavy atom. The van der Waals surface area contributed by atoms with Gasteiger partial charge in [0.25, 0.3) is 5.91 Å². The molecule has 0 spiro atoms. The average molecular weight is 292 g/mol. The fourth-order valence-corrected chi connectivity index (χ4v) is 2.63. The molecule has 0 saturated heterocycles. The molecule has 1 amide bonds. The number of fused-ring (bicyclic) bond motifs is 3. The maximum atomic E-state index is 12.6.